The Hall–Kier alpha value is -1.07. The number of anilines is 1. The van der Waals surface area contributed by atoms with E-state index >= 15 is 0 Å². The summed E-state index contributed by atoms with van der Waals surface area (Å²) in [6, 6.07) is 6.93. The second-order valence-electron chi connectivity index (χ2n) is 4.10. The van der Waals surface area contributed by atoms with E-state index in [9.17, 15) is 8.42 Å². The monoisotopic (exact) mass is 256 g/mol. The van der Waals surface area contributed by atoms with Crippen molar-refractivity contribution in [2.24, 2.45) is 5.92 Å². The summed E-state index contributed by atoms with van der Waals surface area (Å²) in [5.41, 5.74) is 0.655. The van der Waals surface area contributed by atoms with Crippen LogP contribution in [0.3, 0.4) is 0 Å². The summed E-state index contributed by atoms with van der Waals surface area (Å²) in [6.45, 7) is 5.01. The molecule has 0 saturated carbocycles. The van der Waals surface area contributed by atoms with Gasteiger partial charge in [-0.15, -0.1) is 0 Å². The Labute approximate surface area is 103 Å². The molecule has 0 bridgehead atoms. The van der Waals surface area contributed by atoms with Crippen LogP contribution in [0.1, 0.15) is 20.3 Å². The molecule has 0 saturated heterocycles. The average molecular weight is 256 g/mol. The van der Waals surface area contributed by atoms with Crippen molar-refractivity contribution in [3.8, 4) is 0 Å². The highest BCUT2D eigenvalue weighted by atomic mass is 32.2. The molecular formula is C12H20N2O2S. The van der Waals surface area contributed by atoms with E-state index in [1.165, 1.54) is 7.05 Å². The number of hydrogen-bond donors (Lipinski definition) is 2. The first-order valence-electron chi connectivity index (χ1n) is 5.77. The molecule has 0 heterocycles. The molecule has 17 heavy (non-hydrogen) atoms. The minimum absolute atomic E-state index is 0.297. The minimum Gasteiger partial charge on any atom is -0.384 e. The fourth-order valence-corrected chi connectivity index (χ4v) is 2.29. The predicted octanol–water partition coefficient (Wildman–Crippen LogP) is 2.05. The molecule has 4 nitrogen and oxygen atoms in total. The summed E-state index contributed by atoms with van der Waals surface area (Å²) < 4.78 is 25.9. The molecule has 0 aliphatic heterocycles. The molecule has 0 fully saturated rings. The van der Waals surface area contributed by atoms with Gasteiger partial charge in [0.1, 0.15) is 4.90 Å². The van der Waals surface area contributed by atoms with Crippen LogP contribution in [0.5, 0.6) is 0 Å². The van der Waals surface area contributed by atoms with Crippen LogP contribution in [0, 0.1) is 5.92 Å². The Balaban J connectivity index is 2.93. The molecule has 0 aromatic heterocycles. The van der Waals surface area contributed by atoms with Gasteiger partial charge in [-0.25, -0.2) is 13.1 Å². The maximum atomic E-state index is 11.8. The van der Waals surface area contributed by atoms with Crippen LogP contribution in [-0.2, 0) is 10.0 Å². The van der Waals surface area contributed by atoms with Gasteiger partial charge in [-0.05, 0) is 25.1 Å². The quantitative estimate of drug-likeness (QED) is 0.819. The van der Waals surface area contributed by atoms with Gasteiger partial charge in [-0.3, -0.25) is 0 Å². The van der Waals surface area contributed by atoms with Gasteiger partial charge in [-0.2, -0.15) is 0 Å². The molecule has 1 unspecified atom stereocenters. The fourth-order valence-electron chi connectivity index (χ4n) is 1.39. The lowest BCUT2D eigenvalue weighted by molar-refractivity contribution is 0.585. The summed E-state index contributed by atoms with van der Waals surface area (Å²) in [5.74, 6) is 0.514. The van der Waals surface area contributed by atoms with Gasteiger partial charge in [-0.1, -0.05) is 32.4 Å². The van der Waals surface area contributed by atoms with Gasteiger partial charge in [0.15, 0.2) is 0 Å². The first kappa shape index (κ1) is 14.0. The van der Waals surface area contributed by atoms with Crippen LogP contribution >= 0.6 is 0 Å². The van der Waals surface area contributed by atoms with Crippen LogP contribution in [0.2, 0.25) is 0 Å². The van der Waals surface area contributed by atoms with Crippen molar-refractivity contribution < 1.29 is 8.42 Å². The Morgan fingerprint density at radius 3 is 2.53 bits per heavy atom. The number of hydrogen-bond acceptors (Lipinski definition) is 3. The molecule has 1 atom stereocenters. The fraction of sp³-hybridized carbons (Fsp3) is 0.500. The van der Waals surface area contributed by atoms with E-state index in [2.05, 4.69) is 23.9 Å². The van der Waals surface area contributed by atoms with Crippen molar-refractivity contribution in [2.75, 3.05) is 18.9 Å². The van der Waals surface area contributed by atoms with E-state index in [-0.39, 0.29) is 0 Å². The highest BCUT2D eigenvalue weighted by Gasteiger charge is 2.15. The molecule has 1 rings (SSSR count). The number of rotatable bonds is 6. The van der Waals surface area contributed by atoms with Crippen LogP contribution in [0.4, 0.5) is 5.69 Å². The number of benzene rings is 1. The second-order valence-corrected chi connectivity index (χ2v) is 5.95. The largest absolute Gasteiger partial charge is 0.384 e. The van der Waals surface area contributed by atoms with Gasteiger partial charge >= 0.3 is 0 Å². The smallest absolute Gasteiger partial charge is 0.242 e. The van der Waals surface area contributed by atoms with Crippen LogP contribution < -0.4 is 10.0 Å². The number of nitrogens with one attached hydrogen (secondary N) is 2. The highest BCUT2D eigenvalue weighted by molar-refractivity contribution is 7.89. The van der Waals surface area contributed by atoms with Crippen molar-refractivity contribution >= 4 is 15.7 Å². The zero-order valence-corrected chi connectivity index (χ0v) is 11.3. The van der Waals surface area contributed by atoms with E-state index in [1.54, 1.807) is 18.2 Å². The summed E-state index contributed by atoms with van der Waals surface area (Å²) >= 11 is 0. The molecule has 1 aromatic carbocycles. The third-order valence-electron chi connectivity index (χ3n) is 2.78. The van der Waals surface area contributed by atoms with Crippen molar-refractivity contribution in [3.05, 3.63) is 24.3 Å². The lowest BCUT2D eigenvalue weighted by atomic mass is 10.1. The summed E-state index contributed by atoms with van der Waals surface area (Å²) in [7, 11) is -1.98. The SMILES string of the molecule is CCC(C)CNc1ccccc1S(=O)(=O)NC. The van der Waals surface area contributed by atoms with E-state index in [0.29, 0.717) is 16.5 Å². The summed E-state index contributed by atoms with van der Waals surface area (Å²) in [4.78, 5) is 0.297. The molecular weight excluding hydrogens is 236 g/mol. The lowest BCUT2D eigenvalue weighted by Crippen LogP contribution is -2.21. The Morgan fingerprint density at radius 2 is 1.94 bits per heavy atom. The lowest BCUT2D eigenvalue weighted by Gasteiger charge is -2.14. The van der Waals surface area contributed by atoms with Gasteiger partial charge in [0, 0.05) is 6.54 Å². The van der Waals surface area contributed by atoms with E-state index in [1.807, 2.05) is 6.07 Å². The van der Waals surface area contributed by atoms with Gasteiger partial charge < -0.3 is 5.32 Å². The van der Waals surface area contributed by atoms with Crippen LogP contribution in [0.15, 0.2) is 29.2 Å². The molecule has 5 heteroatoms. The molecule has 0 amide bonds. The molecule has 0 aliphatic rings. The third kappa shape index (κ3) is 3.71. The minimum atomic E-state index is -3.40. The van der Waals surface area contributed by atoms with Gasteiger partial charge in [0.2, 0.25) is 10.0 Å². The molecule has 0 aliphatic carbocycles. The third-order valence-corrected chi connectivity index (χ3v) is 4.26. The Kier molecular flexibility index (Phi) is 4.96. The molecule has 1 aromatic rings. The van der Waals surface area contributed by atoms with E-state index < -0.39 is 10.0 Å². The van der Waals surface area contributed by atoms with E-state index in [4.69, 9.17) is 0 Å². The Morgan fingerprint density at radius 1 is 1.29 bits per heavy atom. The van der Waals surface area contributed by atoms with Crippen molar-refractivity contribution in [3.63, 3.8) is 0 Å². The van der Waals surface area contributed by atoms with Crippen molar-refractivity contribution in [1.82, 2.24) is 4.72 Å². The Bertz CT molecular complexity index is 457. The number of para-hydroxylation sites is 1. The van der Waals surface area contributed by atoms with Crippen LogP contribution in [0.25, 0.3) is 0 Å². The van der Waals surface area contributed by atoms with Crippen molar-refractivity contribution in [2.45, 2.75) is 25.2 Å². The first-order valence-corrected chi connectivity index (χ1v) is 7.26. The first-order chi connectivity index (χ1) is 8.01. The maximum Gasteiger partial charge on any atom is 0.242 e. The second kappa shape index (κ2) is 6.02. The summed E-state index contributed by atoms with van der Waals surface area (Å²) in [5, 5.41) is 3.19. The van der Waals surface area contributed by atoms with E-state index in [0.717, 1.165) is 13.0 Å². The van der Waals surface area contributed by atoms with Gasteiger partial charge in [0.05, 0.1) is 5.69 Å². The normalized spacial score (nSPS) is 13.4. The molecule has 96 valence electrons. The maximum absolute atomic E-state index is 11.8. The summed E-state index contributed by atoms with van der Waals surface area (Å²) in [6.07, 6.45) is 1.06. The highest BCUT2D eigenvalue weighted by Crippen LogP contribution is 2.20. The molecule has 0 spiro atoms. The number of sulfonamides is 1. The zero-order valence-electron chi connectivity index (χ0n) is 10.5. The average Bonchev–Trinajstić information content (AvgIpc) is 2.36. The standard InChI is InChI=1S/C12H20N2O2S/c1-4-10(2)9-14-11-7-5-6-8-12(11)17(15,16)13-3/h5-8,10,13-14H,4,9H2,1-3H3. The molecule has 0 radical (unpaired) electrons. The topological polar surface area (TPSA) is 58.2 Å². The predicted molar refractivity (Wildman–Crippen MR) is 70.6 cm³/mol. The van der Waals surface area contributed by atoms with Crippen LogP contribution in [-0.4, -0.2) is 22.0 Å². The van der Waals surface area contributed by atoms with Crippen molar-refractivity contribution in [1.29, 1.82) is 0 Å². The zero-order chi connectivity index (χ0) is 12.9. The van der Waals surface area contributed by atoms with Gasteiger partial charge in [0.25, 0.3) is 0 Å². The molecule has 2 N–H and O–H groups in total.